The lowest BCUT2D eigenvalue weighted by Crippen LogP contribution is -2.24. The zero-order chi connectivity index (χ0) is 13.9. The Bertz CT molecular complexity index is 560. The van der Waals surface area contributed by atoms with Crippen molar-refractivity contribution in [2.45, 2.75) is 38.8 Å². The van der Waals surface area contributed by atoms with Crippen molar-refractivity contribution in [1.29, 1.82) is 0 Å². The Morgan fingerprint density at radius 1 is 1.35 bits per heavy atom. The Morgan fingerprint density at radius 2 is 2.10 bits per heavy atom. The first-order valence-corrected chi connectivity index (χ1v) is 8.05. The summed E-state index contributed by atoms with van der Waals surface area (Å²) < 4.78 is 5.51. The molecular weight excluding hydrogens is 268 g/mol. The van der Waals surface area contributed by atoms with E-state index in [4.69, 9.17) is 4.74 Å². The number of aryl methyl sites for hydroxylation is 1. The van der Waals surface area contributed by atoms with Crippen LogP contribution in [0.25, 0.3) is 0 Å². The van der Waals surface area contributed by atoms with Crippen molar-refractivity contribution in [2.24, 2.45) is 0 Å². The van der Waals surface area contributed by atoms with Gasteiger partial charge in [-0.1, -0.05) is 12.1 Å². The first kappa shape index (κ1) is 13.6. The molecule has 0 amide bonds. The van der Waals surface area contributed by atoms with E-state index in [2.05, 4.69) is 27.8 Å². The normalized spacial score (nSPS) is 16.1. The molecule has 0 radical (unpaired) electrons. The average Bonchev–Trinajstić information content (AvgIpc) is 3.18. The standard InChI is InChI=1S/C16H20N2OS/c1-3-19-14-8-4-12(5-9-14)15(18-13-6-7-13)16-17-11(2)10-20-16/h4-5,8-10,13,15,18H,3,6-7H2,1-2H3. The first-order chi connectivity index (χ1) is 9.76. The molecule has 1 aromatic carbocycles. The van der Waals surface area contributed by atoms with Crippen LogP contribution >= 0.6 is 11.3 Å². The molecule has 4 heteroatoms. The molecule has 0 bridgehead atoms. The van der Waals surface area contributed by atoms with E-state index < -0.39 is 0 Å². The van der Waals surface area contributed by atoms with E-state index in [1.54, 1.807) is 11.3 Å². The fraction of sp³-hybridized carbons (Fsp3) is 0.438. The summed E-state index contributed by atoms with van der Waals surface area (Å²) in [4.78, 5) is 4.65. The lowest BCUT2D eigenvalue weighted by atomic mass is 10.1. The molecule has 20 heavy (non-hydrogen) atoms. The number of nitrogens with zero attached hydrogens (tertiary/aromatic N) is 1. The largest absolute Gasteiger partial charge is 0.494 e. The molecule has 1 heterocycles. The topological polar surface area (TPSA) is 34.1 Å². The number of benzene rings is 1. The number of nitrogens with one attached hydrogen (secondary N) is 1. The zero-order valence-electron chi connectivity index (χ0n) is 11.9. The van der Waals surface area contributed by atoms with Gasteiger partial charge in [-0.05, 0) is 44.4 Å². The fourth-order valence-electron chi connectivity index (χ4n) is 2.22. The van der Waals surface area contributed by atoms with Gasteiger partial charge < -0.3 is 10.1 Å². The third kappa shape index (κ3) is 3.19. The molecule has 1 unspecified atom stereocenters. The van der Waals surface area contributed by atoms with Gasteiger partial charge in [0.2, 0.25) is 0 Å². The van der Waals surface area contributed by atoms with Crippen molar-refractivity contribution < 1.29 is 4.74 Å². The molecule has 0 spiro atoms. The van der Waals surface area contributed by atoms with Crippen molar-refractivity contribution in [3.8, 4) is 5.75 Å². The molecule has 1 fully saturated rings. The van der Waals surface area contributed by atoms with E-state index in [0.29, 0.717) is 12.6 Å². The van der Waals surface area contributed by atoms with Gasteiger partial charge in [0, 0.05) is 17.1 Å². The molecule has 3 nitrogen and oxygen atoms in total. The molecule has 1 aliphatic rings. The average molecular weight is 288 g/mol. The van der Waals surface area contributed by atoms with Gasteiger partial charge in [0.15, 0.2) is 0 Å². The van der Waals surface area contributed by atoms with Crippen LogP contribution in [0, 0.1) is 6.92 Å². The minimum atomic E-state index is 0.205. The highest BCUT2D eigenvalue weighted by Crippen LogP contribution is 2.31. The molecule has 1 aromatic heterocycles. The highest BCUT2D eigenvalue weighted by atomic mass is 32.1. The molecule has 3 rings (SSSR count). The Kier molecular flexibility index (Phi) is 4.03. The van der Waals surface area contributed by atoms with Crippen LogP contribution in [0.2, 0.25) is 0 Å². The fourth-order valence-corrected chi connectivity index (χ4v) is 3.10. The van der Waals surface area contributed by atoms with E-state index in [1.807, 2.05) is 26.0 Å². The van der Waals surface area contributed by atoms with Crippen LogP contribution in [-0.4, -0.2) is 17.6 Å². The van der Waals surface area contributed by atoms with Crippen molar-refractivity contribution in [1.82, 2.24) is 10.3 Å². The molecule has 1 saturated carbocycles. The number of rotatable bonds is 6. The summed E-state index contributed by atoms with van der Waals surface area (Å²) in [5, 5.41) is 6.96. The van der Waals surface area contributed by atoms with Crippen molar-refractivity contribution in [3.05, 3.63) is 45.9 Å². The van der Waals surface area contributed by atoms with Crippen LogP contribution in [0.15, 0.2) is 29.6 Å². The van der Waals surface area contributed by atoms with Crippen LogP contribution in [0.1, 0.15) is 42.1 Å². The minimum absolute atomic E-state index is 0.205. The van der Waals surface area contributed by atoms with Gasteiger partial charge >= 0.3 is 0 Å². The summed E-state index contributed by atoms with van der Waals surface area (Å²) >= 11 is 1.73. The molecule has 2 aromatic rings. The summed E-state index contributed by atoms with van der Waals surface area (Å²) in [6.07, 6.45) is 2.55. The van der Waals surface area contributed by atoms with Crippen LogP contribution in [-0.2, 0) is 0 Å². The third-order valence-electron chi connectivity index (χ3n) is 3.39. The monoisotopic (exact) mass is 288 g/mol. The lowest BCUT2D eigenvalue weighted by molar-refractivity contribution is 0.340. The van der Waals surface area contributed by atoms with Crippen LogP contribution in [0.3, 0.4) is 0 Å². The van der Waals surface area contributed by atoms with E-state index in [1.165, 1.54) is 18.4 Å². The van der Waals surface area contributed by atoms with Gasteiger partial charge in [-0.15, -0.1) is 11.3 Å². The van der Waals surface area contributed by atoms with Crippen LogP contribution in [0.4, 0.5) is 0 Å². The molecule has 0 aliphatic heterocycles. The highest BCUT2D eigenvalue weighted by molar-refractivity contribution is 7.09. The van der Waals surface area contributed by atoms with Crippen molar-refractivity contribution in [2.75, 3.05) is 6.61 Å². The van der Waals surface area contributed by atoms with Gasteiger partial charge in [-0.3, -0.25) is 0 Å². The predicted octanol–water partition coefficient (Wildman–Crippen LogP) is 3.69. The van der Waals surface area contributed by atoms with Crippen molar-refractivity contribution in [3.63, 3.8) is 0 Å². The van der Waals surface area contributed by atoms with Gasteiger partial charge in [0.1, 0.15) is 10.8 Å². The molecule has 1 aliphatic carbocycles. The summed E-state index contributed by atoms with van der Waals surface area (Å²) in [5.41, 5.74) is 2.35. The lowest BCUT2D eigenvalue weighted by Gasteiger charge is -2.17. The zero-order valence-corrected chi connectivity index (χ0v) is 12.7. The summed E-state index contributed by atoms with van der Waals surface area (Å²) in [6.45, 7) is 4.75. The van der Waals surface area contributed by atoms with E-state index in [9.17, 15) is 0 Å². The van der Waals surface area contributed by atoms with Crippen LogP contribution < -0.4 is 10.1 Å². The predicted molar refractivity (Wildman–Crippen MR) is 82.5 cm³/mol. The molecule has 106 valence electrons. The quantitative estimate of drug-likeness (QED) is 0.880. The maximum absolute atomic E-state index is 5.51. The second-order valence-electron chi connectivity index (χ2n) is 5.20. The van der Waals surface area contributed by atoms with E-state index in [0.717, 1.165) is 16.5 Å². The maximum atomic E-state index is 5.51. The molecule has 0 saturated heterocycles. The van der Waals surface area contributed by atoms with Gasteiger partial charge in [0.05, 0.1) is 12.6 Å². The number of ether oxygens (including phenoxy) is 1. The Morgan fingerprint density at radius 3 is 2.65 bits per heavy atom. The molecule has 1 atom stereocenters. The number of thiazole rings is 1. The minimum Gasteiger partial charge on any atom is -0.494 e. The van der Waals surface area contributed by atoms with E-state index >= 15 is 0 Å². The Balaban J connectivity index is 1.84. The van der Waals surface area contributed by atoms with Crippen LogP contribution in [0.5, 0.6) is 5.75 Å². The third-order valence-corrected chi connectivity index (χ3v) is 4.42. The number of aromatic nitrogens is 1. The van der Waals surface area contributed by atoms with Gasteiger partial charge in [-0.25, -0.2) is 4.98 Å². The Hall–Kier alpha value is -1.39. The highest BCUT2D eigenvalue weighted by Gasteiger charge is 2.27. The maximum Gasteiger partial charge on any atom is 0.119 e. The second kappa shape index (κ2) is 5.94. The van der Waals surface area contributed by atoms with Gasteiger partial charge in [0.25, 0.3) is 0 Å². The number of hydrogen-bond acceptors (Lipinski definition) is 4. The van der Waals surface area contributed by atoms with Crippen molar-refractivity contribution >= 4 is 11.3 Å². The molecular formula is C16H20N2OS. The Labute approximate surface area is 124 Å². The summed E-state index contributed by atoms with van der Waals surface area (Å²) in [7, 11) is 0. The SMILES string of the molecule is CCOc1ccc(C(NC2CC2)c2nc(C)cs2)cc1. The van der Waals surface area contributed by atoms with Gasteiger partial charge in [-0.2, -0.15) is 0 Å². The molecule has 1 N–H and O–H groups in total. The first-order valence-electron chi connectivity index (χ1n) is 7.17. The summed E-state index contributed by atoms with van der Waals surface area (Å²) in [5.74, 6) is 0.928. The smallest absolute Gasteiger partial charge is 0.119 e. The second-order valence-corrected chi connectivity index (χ2v) is 6.09. The van der Waals surface area contributed by atoms with E-state index in [-0.39, 0.29) is 6.04 Å². The number of hydrogen-bond donors (Lipinski definition) is 1. The summed E-state index contributed by atoms with van der Waals surface area (Å²) in [6, 6.07) is 9.22.